The number of ether oxygens (including phenoxy) is 1. The molecule has 0 aliphatic carbocycles. The summed E-state index contributed by atoms with van der Waals surface area (Å²) >= 11 is 1.49. The molecule has 1 aliphatic heterocycles. The average Bonchev–Trinajstić information content (AvgIpc) is 3.20. The number of thiophene rings is 1. The quantitative estimate of drug-likeness (QED) is 0.484. The number of amides is 1. The lowest BCUT2D eigenvalue weighted by Gasteiger charge is -2.36. The number of hydrogen-bond donors (Lipinski definition) is 0. The number of pyridine rings is 1. The number of nitrogens with zero attached hydrogens (tertiary/aromatic N) is 3. The van der Waals surface area contributed by atoms with Crippen LogP contribution < -0.4 is 9.64 Å². The van der Waals surface area contributed by atoms with Crippen LogP contribution in [-0.2, 0) is 0 Å². The number of methoxy groups -OCH3 is 1. The molecule has 6 heteroatoms. The van der Waals surface area contributed by atoms with Crippen molar-refractivity contribution in [3.63, 3.8) is 0 Å². The molecule has 2 aromatic carbocycles. The van der Waals surface area contributed by atoms with E-state index in [0.717, 1.165) is 50.5 Å². The summed E-state index contributed by atoms with van der Waals surface area (Å²) in [6, 6.07) is 18.4. The molecule has 4 aromatic rings. The van der Waals surface area contributed by atoms with Crippen LogP contribution in [0, 0.1) is 6.92 Å². The number of aryl methyl sites for hydroxylation is 1. The lowest BCUT2D eigenvalue weighted by molar-refractivity contribution is 0.0751. The number of aromatic nitrogens is 1. The van der Waals surface area contributed by atoms with Gasteiger partial charge in [0, 0.05) is 37.0 Å². The maximum Gasteiger partial charge on any atom is 0.264 e. The number of para-hydroxylation sites is 2. The molecule has 0 bridgehead atoms. The summed E-state index contributed by atoms with van der Waals surface area (Å²) in [6.07, 6.45) is 0. The van der Waals surface area contributed by atoms with Gasteiger partial charge in [-0.2, -0.15) is 0 Å². The third kappa shape index (κ3) is 3.37. The van der Waals surface area contributed by atoms with Gasteiger partial charge >= 0.3 is 0 Å². The van der Waals surface area contributed by atoms with Crippen molar-refractivity contribution in [2.45, 2.75) is 6.92 Å². The number of piperazine rings is 1. The summed E-state index contributed by atoms with van der Waals surface area (Å²) < 4.78 is 5.49. The zero-order chi connectivity index (χ0) is 20.7. The smallest absolute Gasteiger partial charge is 0.264 e. The summed E-state index contributed by atoms with van der Waals surface area (Å²) in [5.74, 6) is 0.966. The van der Waals surface area contributed by atoms with E-state index in [-0.39, 0.29) is 5.91 Å². The minimum Gasteiger partial charge on any atom is -0.495 e. The van der Waals surface area contributed by atoms with Crippen LogP contribution in [0.15, 0.2) is 54.6 Å². The summed E-state index contributed by atoms with van der Waals surface area (Å²) in [7, 11) is 1.69. The van der Waals surface area contributed by atoms with Crippen molar-refractivity contribution in [3.05, 3.63) is 65.0 Å². The number of hydrogen-bond acceptors (Lipinski definition) is 5. The largest absolute Gasteiger partial charge is 0.495 e. The maximum atomic E-state index is 13.1. The Morgan fingerprint density at radius 3 is 2.60 bits per heavy atom. The van der Waals surface area contributed by atoms with E-state index in [2.05, 4.69) is 36.1 Å². The minimum atomic E-state index is 0.0953. The molecular formula is C24H23N3O2S. The van der Waals surface area contributed by atoms with E-state index in [9.17, 15) is 4.79 Å². The lowest BCUT2D eigenvalue weighted by atomic mass is 10.1. The van der Waals surface area contributed by atoms with E-state index >= 15 is 0 Å². The van der Waals surface area contributed by atoms with Gasteiger partial charge in [-0.3, -0.25) is 4.79 Å². The highest BCUT2D eigenvalue weighted by atomic mass is 32.1. The van der Waals surface area contributed by atoms with Gasteiger partial charge < -0.3 is 14.5 Å². The topological polar surface area (TPSA) is 45.7 Å². The third-order valence-corrected chi connectivity index (χ3v) is 6.69. The molecule has 0 radical (unpaired) electrons. The van der Waals surface area contributed by atoms with E-state index in [1.807, 2.05) is 35.2 Å². The molecule has 0 atom stereocenters. The van der Waals surface area contributed by atoms with Crippen LogP contribution in [0.3, 0.4) is 0 Å². The van der Waals surface area contributed by atoms with Gasteiger partial charge in [0.05, 0.1) is 23.2 Å². The maximum absolute atomic E-state index is 13.1. The van der Waals surface area contributed by atoms with Crippen molar-refractivity contribution in [3.8, 4) is 5.75 Å². The molecular weight excluding hydrogens is 394 g/mol. The first-order chi connectivity index (χ1) is 14.6. The van der Waals surface area contributed by atoms with E-state index in [1.54, 1.807) is 7.11 Å². The van der Waals surface area contributed by atoms with Crippen LogP contribution >= 0.6 is 11.3 Å². The molecule has 152 valence electrons. The molecule has 5 rings (SSSR count). The normalized spacial score (nSPS) is 14.5. The zero-order valence-electron chi connectivity index (χ0n) is 17.1. The fourth-order valence-corrected chi connectivity index (χ4v) is 5.05. The van der Waals surface area contributed by atoms with Crippen molar-refractivity contribution >= 4 is 44.1 Å². The molecule has 1 aliphatic rings. The molecule has 1 fully saturated rings. The molecule has 0 saturated carbocycles. The Morgan fingerprint density at radius 2 is 1.80 bits per heavy atom. The van der Waals surface area contributed by atoms with Crippen LogP contribution in [0.4, 0.5) is 5.69 Å². The standard InChI is InChI=1S/C24H23N3O2S/c1-16-7-8-19-17(13-16)14-18-15-22(30-23(18)25-19)24(28)27-11-9-26(10-12-27)20-5-3-4-6-21(20)29-2/h3-8,13-15H,9-12H2,1-2H3. The predicted octanol–water partition coefficient (Wildman–Crippen LogP) is 4.73. The van der Waals surface area contributed by atoms with Gasteiger partial charge in [0.2, 0.25) is 0 Å². The van der Waals surface area contributed by atoms with Crippen molar-refractivity contribution in [2.75, 3.05) is 38.2 Å². The molecule has 3 heterocycles. The molecule has 5 nitrogen and oxygen atoms in total. The van der Waals surface area contributed by atoms with Gasteiger partial charge in [0.25, 0.3) is 5.91 Å². The Morgan fingerprint density at radius 1 is 1.00 bits per heavy atom. The predicted molar refractivity (Wildman–Crippen MR) is 123 cm³/mol. The highest BCUT2D eigenvalue weighted by Gasteiger charge is 2.25. The average molecular weight is 418 g/mol. The second-order valence-electron chi connectivity index (χ2n) is 7.64. The minimum absolute atomic E-state index is 0.0953. The molecule has 0 unspecified atom stereocenters. The number of carbonyl (C=O) groups is 1. The Kier molecular flexibility index (Phi) is 4.79. The monoisotopic (exact) mass is 417 g/mol. The molecule has 2 aromatic heterocycles. The second-order valence-corrected chi connectivity index (χ2v) is 8.67. The highest BCUT2D eigenvalue weighted by Crippen LogP contribution is 2.31. The van der Waals surface area contributed by atoms with Crippen molar-refractivity contribution in [1.29, 1.82) is 0 Å². The molecule has 1 saturated heterocycles. The van der Waals surface area contributed by atoms with E-state index in [1.165, 1.54) is 16.9 Å². The summed E-state index contributed by atoms with van der Waals surface area (Å²) in [6.45, 7) is 5.05. The Balaban J connectivity index is 1.35. The number of rotatable bonds is 3. The van der Waals surface area contributed by atoms with Crippen molar-refractivity contribution in [1.82, 2.24) is 9.88 Å². The van der Waals surface area contributed by atoms with Gasteiger partial charge in [-0.25, -0.2) is 4.98 Å². The Hall–Kier alpha value is -3.12. The molecule has 30 heavy (non-hydrogen) atoms. The number of fused-ring (bicyclic) bond motifs is 2. The highest BCUT2D eigenvalue weighted by molar-refractivity contribution is 7.20. The lowest BCUT2D eigenvalue weighted by Crippen LogP contribution is -2.48. The third-order valence-electron chi connectivity index (χ3n) is 5.66. The van der Waals surface area contributed by atoms with E-state index in [4.69, 9.17) is 9.72 Å². The Bertz CT molecular complexity index is 1240. The summed E-state index contributed by atoms with van der Waals surface area (Å²) in [5, 5.41) is 2.15. The first-order valence-corrected chi connectivity index (χ1v) is 10.9. The van der Waals surface area contributed by atoms with Gasteiger partial charge in [0.1, 0.15) is 10.6 Å². The zero-order valence-corrected chi connectivity index (χ0v) is 17.9. The van der Waals surface area contributed by atoms with Gasteiger partial charge in [-0.1, -0.05) is 23.8 Å². The van der Waals surface area contributed by atoms with Crippen molar-refractivity contribution < 1.29 is 9.53 Å². The summed E-state index contributed by atoms with van der Waals surface area (Å²) in [4.78, 5) is 23.8. The number of carbonyl (C=O) groups excluding carboxylic acids is 1. The van der Waals surface area contributed by atoms with Crippen LogP contribution in [0.25, 0.3) is 21.1 Å². The molecule has 0 spiro atoms. The second kappa shape index (κ2) is 7.61. The SMILES string of the molecule is COc1ccccc1N1CCN(C(=O)c2cc3cc4cc(C)ccc4nc3s2)CC1. The van der Waals surface area contributed by atoms with E-state index < -0.39 is 0 Å². The van der Waals surface area contributed by atoms with Gasteiger partial charge in [-0.05, 0) is 43.3 Å². The van der Waals surface area contributed by atoms with Gasteiger partial charge in [0.15, 0.2) is 0 Å². The Labute approximate surface area is 179 Å². The number of anilines is 1. The van der Waals surface area contributed by atoms with Crippen molar-refractivity contribution in [2.24, 2.45) is 0 Å². The van der Waals surface area contributed by atoms with Crippen LogP contribution in [0.5, 0.6) is 5.75 Å². The van der Waals surface area contributed by atoms with Crippen LogP contribution in [-0.4, -0.2) is 49.1 Å². The van der Waals surface area contributed by atoms with Crippen LogP contribution in [0.2, 0.25) is 0 Å². The number of benzene rings is 2. The first-order valence-electron chi connectivity index (χ1n) is 10.1. The first kappa shape index (κ1) is 18.9. The van der Waals surface area contributed by atoms with E-state index in [0.29, 0.717) is 13.1 Å². The van der Waals surface area contributed by atoms with Crippen LogP contribution in [0.1, 0.15) is 15.2 Å². The fraction of sp³-hybridized carbons (Fsp3) is 0.250. The van der Waals surface area contributed by atoms with Gasteiger partial charge in [-0.15, -0.1) is 11.3 Å². The summed E-state index contributed by atoms with van der Waals surface area (Å²) in [5.41, 5.74) is 3.27. The fourth-order valence-electron chi connectivity index (χ4n) is 4.06. The molecule has 0 N–H and O–H groups in total. The molecule has 1 amide bonds.